The largest absolute Gasteiger partial charge is 0.351 e. The second kappa shape index (κ2) is 9.26. The van der Waals surface area contributed by atoms with Crippen LogP contribution in [0.3, 0.4) is 0 Å². The number of hydrogen-bond donors (Lipinski definition) is 1. The van der Waals surface area contributed by atoms with Crippen LogP contribution >= 0.6 is 0 Å². The van der Waals surface area contributed by atoms with Gasteiger partial charge in [-0.25, -0.2) is 4.79 Å². The monoisotopic (exact) mass is 460 g/mol. The van der Waals surface area contributed by atoms with Crippen molar-refractivity contribution in [1.82, 2.24) is 24.5 Å². The Morgan fingerprint density at radius 3 is 2.47 bits per heavy atom. The maximum Gasteiger partial charge on any atom is 0.351 e. The average Bonchev–Trinajstić information content (AvgIpc) is 3.28. The van der Waals surface area contributed by atoms with E-state index in [9.17, 15) is 14.4 Å². The zero-order valence-corrected chi connectivity index (χ0v) is 19.3. The van der Waals surface area contributed by atoms with Crippen LogP contribution in [0.1, 0.15) is 29.0 Å². The summed E-state index contributed by atoms with van der Waals surface area (Å²) in [5.74, 6) is -0.0649. The number of carbonyl (C=O) groups excluding carboxylic acids is 1. The van der Waals surface area contributed by atoms with Gasteiger partial charge in [-0.05, 0) is 50.1 Å². The van der Waals surface area contributed by atoms with E-state index >= 15 is 0 Å². The molecule has 4 aromatic rings. The zero-order chi connectivity index (χ0) is 24.4. The first-order chi connectivity index (χ1) is 16.2. The van der Waals surface area contributed by atoms with E-state index in [1.807, 2.05) is 51.1 Å². The van der Waals surface area contributed by atoms with E-state index in [-0.39, 0.29) is 36.2 Å². The smallest absolute Gasteiger partial charge is 0.339 e. The highest BCUT2D eigenvalue weighted by Gasteiger charge is 2.19. The third-order valence-electron chi connectivity index (χ3n) is 5.37. The first-order valence-electron chi connectivity index (χ1n) is 10.7. The summed E-state index contributed by atoms with van der Waals surface area (Å²) in [7, 11) is 1.36. The van der Waals surface area contributed by atoms with Gasteiger partial charge in [-0.2, -0.15) is 14.8 Å². The van der Waals surface area contributed by atoms with Gasteiger partial charge in [-0.3, -0.25) is 14.2 Å². The first-order valence-corrected chi connectivity index (χ1v) is 10.7. The van der Waals surface area contributed by atoms with Crippen molar-refractivity contribution in [2.24, 2.45) is 7.05 Å². The van der Waals surface area contributed by atoms with Gasteiger partial charge >= 0.3 is 5.69 Å². The topological polar surface area (TPSA) is 125 Å². The Morgan fingerprint density at radius 2 is 1.74 bits per heavy atom. The zero-order valence-electron chi connectivity index (χ0n) is 19.3. The highest BCUT2D eigenvalue weighted by atomic mass is 16.5. The summed E-state index contributed by atoms with van der Waals surface area (Å²) < 4.78 is 7.29. The fourth-order valence-electron chi connectivity index (χ4n) is 3.32. The molecule has 0 spiro atoms. The molecule has 10 heteroatoms. The van der Waals surface area contributed by atoms with E-state index < -0.39 is 11.2 Å². The SMILES string of the molecule is Cc1ccc(-n2nc(-c3noc(CCC(=O)Nc4cc(C)ccc4C)n3)c(=O)n(C)c2=O)cc1. The van der Waals surface area contributed by atoms with Gasteiger partial charge in [-0.15, -0.1) is 0 Å². The Hall–Kier alpha value is -4.34. The molecule has 4 rings (SSSR count). The molecule has 10 nitrogen and oxygen atoms in total. The standard InChI is InChI=1S/C24H24N6O4/c1-14-6-9-17(10-7-14)30-24(33)29(4)23(32)21(27-30)22-26-20(34-28-22)12-11-19(31)25-18-13-15(2)5-8-16(18)3/h5-10,13H,11-12H2,1-4H3,(H,25,31). The van der Waals surface area contributed by atoms with Gasteiger partial charge in [-0.1, -0.05) is 35.0 Å². The van der Waals surface area contributed by atoms with E-state index in [1.54, 1.807) is 12.1 Å². The molecule has 0 fully saturated rings. The number of hydrogen-bond acceptors (Lipinski definition) is 7. The van der Waals surface area contributed by atoms with Crippen molar-refractivity contribution in [3.05, 3.63) is 85.9 Å². The average molecular weight is 460 g/mol. The van der Waals surface area contributed by atoms with Gasteiger partial charge in [0.15, 0.2) is 5.69 Å². The molecule has 174 valence electrons. The summed E-state index contributed by atoms with van der Waals surface area (Å²) in [5.41, 5.74) is 2.91. The lowest BCUT2D eigenvalue weighted by Crippen LogP contribution is -2.40. The van der Waals surface area contributed by atoms with Crippen LogP contribution in [0.2, 0.25) is 0 Å². The van der Waals surface area contributed by atoms with Crippen molar-refractivity contribution in [2.75, 3.05) is 5.32 Å². The molecular weight excluding hydrogens is 436 g/mol. The summed E-state index contributed by atoms with van der Waals surface area (Å²) in [6, 6.07) is 13.0. The quantitative estimate of drug-likeness (QED) is 0.469. The molecule has 0 saturated heterocycles. The van der Waals surface area contributed by atoms with Crippen LogP contribution < -0.4 is 16.6 Å². The molecule has 34 heavy (non-hydrogen) atoms. The van der Waals surface area contributed by atoms with Gasteiger partial charge in [0.1, 0.15) is 0 Å². The molecule has 2 heterocycles. The summed E-state index contributed by atoms with van der Waals surface area (Å²) >= 11 is 0. The fraction of sp³-hybridized carbons (Fsp3) is 0.250. The molecule has 0 aliphatic carbocycles. The minimum absolute atomic E-state index is 0.0496. The van der Waals surface area contributed by atoms with E-state index in [0.29, 0.717) is 5.69 Å². The highest BCUT2D eigenvalue weighted by molar-refractivity contribution is 5.91. The van der Waals surface area contributed by atoms with Gasteiger partial charge < -0.3 is 9.84 Å². The second-order valence-electron chi connectivity index (χ2n) is 8.12. The number of anilines is 1. The molecule has 0 atom stereocenters. The van der Waals surface area contributed by atoms with Crippen LogP contribution in [0.4, 0.5) is 5.69 Å². The molecule has 0 aliphatic heterocycles. The lowest BCUT2D eigenvalue weighted by molar-refractivity contribution is -0.116. The van der Waals surface area contributed by atoms with E-state index in [0.717, 1.165) is 31.6 Å². The van der Waals surface area contributed by atoms with Gasteiger partial charge in [0.25, 0.3) is 5.56 Å². The number of amides is 1. The number of nitrogens with one attached hydrogen (secondary N) is 1. The summed E-state index contributed by atoms with van der Waals surface area (Å²) in [4.78, 5) is 41.9. The highest BCUT2D eigenvalue weighted by Crippen LogP contribution is 2.17. The van der Waals surface area contributed by atoms with Gasteiger partial charge in [0, 0.05) is 25.6 Å². The third kappa shape index (κ3) is 4.70. The van der Waals surface area contributed by atoms with Crippen molar-refractivity contribution < 1.29 is 9.32 Å². The molecule has 0 radical (unpaired) electrons. The van der Waals surface area contributed by atoms with Crippen molar-refractivity contribution in [2.45, 2.75) is 33.6 Å². The predicted octanol–water partition coefficient (Wildman–Crippen LogP) is 2.48. The lowest BCUT2D eigenvalue weighted by atomic mass is 10.1. The Labute approximate surface area is 194 Å². The van der Waals surface area contributed by atoms with Crippen LogP contribution in [0.5, 0.6) is 0 Å². The van der Waals surface area contributed by atoms with Crippen LogP contribution in [0.25, 0.3) is 17.2 Å². The molecule has 0 bridgehead atoms. The molecule has 2 aromatic heterocycles. The number of nitrogens with zero attached hydrogens (tertiary/aromatic N) is 5. The van der Waals surface area contributed by atoms with E-state index in [2.05, 4.69) is 20.6 Å². The van der Waals surface area contributed by atoms with Crippen molar-refractivity contribution in [1.29, 1.82) is 0 Å². The molecule has 1 amide bonds. The van der Waals surface area contributed by atoms with Gasteiger partial charge in [0.2, 0.25) is 17.6 Å². The molecule has 2 aromatic carbocycles. The number of carbonyl (C=O) groups is 1. The maximum atomic E-state index is 12.7. The fourth-order valence-corrected chi connectivity index (χ4v) is 3.32. The predicted molar refractivity (Wildman–Crippen MR) is 126 cm³/mol. The first kappa shape index (κ1) is 22.8. The van der Waals surface area contributed by atoms with Crippen LogP contribution in [-0.4, -0.2) is 30.4 Å². The number of rotatable bonds is 6. The molecule has 0 unspecified atom stereocenters. The summed E-state index contributed by atoms with van der Waals surface area (Å²) in [5, 5.41) is 10.9. The number of aryl methyl sites for hydroxylation is 4. The number of aromatic nitrogens is 5. The van der Waals surface area contributed by atoms with Gasteiger partial charge in [0.05, 0.1) is 5.69 Å². The minimum Gasteiger partial charge on any atom is -0.339 e. The maximum absolute atomic E-state index is 12.7. The summed E-state index contributed by atoms with van der Waals surface area (Å²) in [6.07, 6.45) is 0.297. The Balaban J connectivity index is 1.54. The Kier molecular flexibility index (Phi) is 6.22. The van der Waals surface area contributed by atoms with Crippen molar-refractivity contribution in [3.63, 3.8) is 0 Å². The minimum atomic E-state index is -0.645. The number of benzene rings is 2. The van der Waals surface area contributed by atoms with E-state index in [1.165, 1.54) is 7.05 Å². The molecule has 0 aliphatic rings. The summed E-state index contributed by atoms with van der Waals surface area (Å²) in [6.45, 7) is 5.80. The second-order valence-corrected chi connectivity index (χ2v) is 8.12. The Morgan fingerprint density at radius 1 is 1.03 bits per heavy atom. The van der Waals surface area contributed by atoms with Crippen LogP contribution in [0.15, 0.2) is 56.6 Å². The van der Waals surface area contributed by atoms with E-state index in [4.69, 9.17) is 4.52 Å². The van der Waals surface area contributed by atoms with Crippen LogP contribution in [-0.2, 0) is 18.3 Å². The van der Waals surface area contributed by atoms with Crippen molar-refractivity contribution in [3.8, 4) is 17.2 Å². The lowest BCUT2D eigenvalue weighted by Gasteiger charge is -2.08. The molecule has 0 saturated carbocycles. The molecule has 1 N–H and O–H groups in total. The third-order valence-corrected chi connectivity index (χ3v) is 5.37. The Bertz CT molecular complexity index is 1480. The van der Waals surface area contributed by atoms with Crippen LogP contribution in [0, 0.1) is 20.8 Å². The molecular formula is C24H24N6O4. The normalized spacial score (nSPS) is 10.9. The van der Waals surface area contributed by atoms with Crippen molar-refractivity contribution >= 4 is 11.6 Å².